The monoisotopic (exact) mass is 278 g/mol. The quantitative estimate of drug-likeness (QED) is 0.617. The van der Waals surface area contributed by atoms with Crippen LogP contribution in [0.15, 0.2) is 18.5 Å². The van der Waals surface area contributed by atoms with E-state index in [2.05, 4.69) is 15.7 Å². The van der Waals surface area contributed by atoms with E-state index in [-0.39, 0.29) is 11.9 Å². The van der Waals surface area contributed by atoms with Gasteiger partial charge in [0, 0.05) is 31.5 Å². The Morgan fingerprint density at radius 3 is 2.70 bits per heavy atom. The average Bonchev–Trinajstić information content (AvgIpc) is 2.87. The lowest BCUT2D eigenvalue weighted by Gasteiger charge is -2.17. The maximum absolute atomic E-state index is 11.9. The molecule has 5 nitrogen and oxygen atoms in total. The van der Waals surface area contributed by atoms with Crippen molar-refractivity contribution in [3.63, 3.8) is 0 Å². The number of hydrogen-bond donors (Lipinski definition) is 2. The van der Waals surface area contributed by atoms with Crippen LogP contribution in [0.4, 0.5) is 0 Å². The van der Waals surface area contributed by atoms with Crippen LogP contribution in [0.2, 0.25) is 0 Å². The van der Waals surface area contributed by atoms with E-state index in [0.29, 0.717) is 12.6 Å². The van der Waals surface area contributed by atoms with Crippen LogP contribution in [0.3, 0.4) is 0 Å². The first-order chi connectivity index (χ1) is 9.77. The molecule has 1 amide bonds. The minimum absolute atomic E-state index is 0.0244. The summed E-state index contributed by atoms with van der Waals surface area (Å²) in [5.74, 6) is 0.0244. The Kier molecular flexibility index (Phi) is 6.05. The molecule has 5 heteroatoms. The van der Waals surface area contributed by atoms with Gasteiger partial charge in [-0.25, -0.2) is 0 Å². The number of amides is 1. The summed E-state index contributed by atoms with van der Waals surface area (Å²) in [5.41, 5.74) is 0. The zero-order valence-electron chi connectivity index (χ0n) is 12.3. The topological polar surface area (TPSA) is 59.0 Å². The molecule has 1 aliphatic carbocycles. The Hall–Kier alpha value is -1.36. The Morgan fingerprint density at radius 1 is 1.30 bits per heavy atom. The van der Waals surface area contributed by atoms with Gasteiger partial charge >= 0.3 is 0 Å². The number of carbonyl (C=O) groups is 1. The lowest BCUT2D eigenvalue weighted by atomic mass is 10.1. The predicted octanol–water partition coefficient (Wildman–Crippen LogP) is 1.87. The molecular weight excluding hydrogens is 252 g/mol. The van der Waals surface area contributed by atoms with Crippen molar-refractivity contribution in [1.82, 2.24) is 20.4 Å². The van der Waals surface area contributed by atoms with Crippen molar-refractivity contribution in [1.29, 1.82) is 0 Å². The number of rotatable bonds is 6. The van der Waals surface area contributed by atoms with Crippen LogP contribution in [0.5, 0.6) is 0 Å². The molecule has 1 aromatic rings. The van der Waals surface area contributed by atoms with E-state index < -0.39 is 0 Å². The Bertz CT molecular complexity index is 383. The standard InChI is InChI=1S/C15H26N4O/c1-13(19-12-6-9-18-19)15(20)17-11-10-16-14-7-4-2-3-5-8-14/h6,9,12-14,16H,2-5,7-8,10-11H2,1H3,(H,17,20). The number of carbonyl (C=O) groups excluding carboxylic acids is 1. The summed E-state index contributed by atoms with van der Waals surface area (Å²) < 4.78 is 1.67. The van der Waals surface area contributed by atoms with Gasteiger partial charge in [0.15, 0.2) is 0 Å². The van der Waals surface area contributed by atoms with Crippen LogP contribution in [-0.2, 0) is 4.79 Å². The van der Waals surface area contributed by atoms with Gasteiger partial charge < -0.3 is 10.6 Å². The van der Waals surface area contributed by atoms with Crippen molar-refractivity contribution < 1.29 is 4.79 Å². The van der Waals surface area contributed by atoms with Gasteiger partial charge in [-0.05, 0) is 25.8 Å². The van der Waals surface area contributed by atoms with Gasteiger partial charge in [-0.15, -0.1) is 0 Å². The first-order valence-electron chi connectivity index (χ1n) is 7.77. The van der Waals surface area contributed by atoms with E-state index >= 15 is 0 Å². The fourth-order valence-corrected chi connectivity index (χ4v) is 2.72. The third kappa shape index (κ3) is 4.63. The minimum Gasteiger partial charge on any atom is -0.353 e. The zero-order chi connectivity index (χ0) is 14.2. The van der Waals surface area contributed by atoms with Crippen LogP contribution in [0.1, 0.15) is 51.5 Å². The highest BCUT2D eigenvalue weighted by Gasteiger charge is 2.14. The number of aromatic nitrogens is 2. The molecule has 1 aliphatic rings. The fourth-order valence-electron chi connectivity index (χ4n) is 2.72. The molecule has 0 aliphatic heterocycles. The molecular formula is C15H26N4O. The third-order valence-electron chi connectivity index (χ3n) is 4.01. The van der Waals surface area contributed by atoms with Gasteiger partial charge in [-0.2, -0.15) is 5.10 Å². The van der Waals surface area contributed by atoms with Crippen molar-refractivity contribution in [3.05, 3.63) is 18.5 Å². The first kappa shape index (κ1) is 15.0. The molecule has 1 saturated carbocycles. The van der Waals surface area contributed by atoms with Gasteiger partial charge in [0.25, 0.3) is 0 Å². The van der Waals surface area contributed by atoms with Crippen LogP contribution < -0.4 is 10.6 Å². The van der Waals surface area contributed by atoms with Crippen molar-refractivity contribution in [2.24, 2.45) is 0 Å². The first-order valence-corrected chi connectivity index (χ1v) is 7.77. The molecule has 0 saturated heterocycles. The van der Waals surface area contributed by atoms with Gasteiger partial charge in [-0.3, -0.25) is 9.48 Å². The van der Waals surface area contributed by atoms with Gasteiger partial charge in [0.2, 0.25) is 5.91 Å². The summed E-state index contributed by atoms with van der Waals surface area (Å²) in [4.78, 5) is 11.9. The SMILES string of the molecule is CC(C(=O)NCCNC1CCCCCC1)n1cccn1. The van der Waals surface area contributed by atoms with Crippen LogP contribution in [0.25, 0.3) is 0 Å². The second kappa shape index (κ2) is 8.04. The highest BCUT2D eigenvalue weighted by Crippen LogP contribution is 2.16. The van der Waals surface area contributed by atoms with Gasteiger partial charge in [0.05, 0.1) is 0 Å². The lowest BCUT2D eigenvalue weighted by Crippen LogP contribution is -2.39. The summed E-state index contributed by atoms with van der Waals surface area (Å²) in [6.07, 6.45) is 11.5. The van der Waals surface area contributed by atoms with E-state index in [4.69, 9.17) is 0 Å². The molecule has 2 rings (SSSR count). The maximum atomic E-state index is 11.9. The smallest absolute Gasteiger partial charge is 0.244 e. The highest BCUT2D eigenvalue weighted by molar-refractivity contribution is 5.79. The van der Waals surface area contributed by atoms with Crippen molar-refractivity contribution in [2.45, 2.75) is 57.5 Å². The Labute approximate surface area is 121 Å². The molecule has 0 spiro atoms. The second-order valence-electron chi connectivity index (χ2n) is 5.60. The molecule has 20 heavy (non-hydrogen) atoms. The normalized spacial score (nSPS) is 18.4. The van der Waals surface area contributed by atoms with Gasteiger partial charge in [0.1, 0.15) is 6.04 Å². The van der Waals surface area contributed by atoms with Crippen molar-refractivity contribution in [3.8, 4) is 0 Å². The Morgan fingerprint density at radius 2 is 2.05 bits per heavy atom. The van der Waals surface area contributed by atoms with Crippen molar-refractivity contribution >= 4 is 5.91 Å². The summed E-state index contributed by atoms with van der Waals surface area (Å²) in [6.45, 7) is 3.39. The minimum atomic E-state index is -0.247. The number of nitrogens with one attached hydrogen (secondary N) is 2. The zero-order valence-corrected chi connectivity index (χ0v) is 12.3. The third-order valence-corrected chi connectivity index (χ3v) is 4.01. The van der Waals surface area contributed by atoms with Crippen LogP contribution in [0, 0.1) is 0 Å². The van der Waals surface area contributed by atoms with Gasteiger partial charge in [-0.1, -0.05) is 25.7 Å². The molecule has 2 N–H and O–H groups in total. The van der Waals surface area contributed by atoms with Crippen LogP contribution >= 0.6 is 0 Å². The predicted molar refractivity (Wildman–Crippen MR) is 79.4 cm³/mol. The molecule has 0 bridgehead atoms. The molecule has 0 radical (unpaired) electrons. The lowest BCUT2D eigenvalue weighted by molar-refractivity contribution is -0.124. The molecule has 1 heterocycles. The van der Waals surface area contributed by atoms with E-state index in [0.717, 1.165) is 6.54 Å². The van der Waals surface area contributed by atoms with E-state index in [1.54, 1.807) is 10.9 Å². The van der Waals surface area contributed by atoms with Crippen LogP contribution in [-0.4, -0.2) is 34.8 Å². The maximum Gasteiger partial charge on any atom is 0.244 e. The fraction of sp³-hybridized carbons (Fsp3) is 0.733. The summed E-state index contributed by atoms with van der Waals surface area (Å²) in [6, 6.07) is 2.22. The summed E-state index contributed by atoms with van der Waals surface area (Å²) in [5, 5.41) is 10.6. The molecule has 1 fully saturated rings. The summed E-state index contributed by atoms with van der Waals surface area (Å²) >= 11 is 0. The highest BCUT2D eigenvalue weighted by atomic mass is 16.2. The number of hydrogen-bond acceptors (Lipinski definition) is 3. The van der Waals surface area contributed by atoms with E-state index in [9.17, 15) is 4.79 Å². The molecule has 1 aromatic heterocycles. The molecule has 1 atom stereocenters. The second-order valence-corrected chi connectivity index (χ2v) is 5.60. The largest absolute Gasteiger partial charge is 0.353 e. The number of nitrogens with zero attached hydrogens (tertiary/aromatic N) is 2. The van der Waals surface area contributed by atoms with E-state index in [1.165, 1.54) is 38.5 Å². The van der Waals surface area contributed by atoms with E-state index in [1.807, 2.05) is 19.2 Å². The Balaban J connectivity index is 1.61. The summed E-state index contributed by atoms with van der Waals surface area (Å²) in [7, 11) is 0. The average molecular weight is 278 g/mol. The van der Waals surface area contributed by atoms with Crippen molar-refractivity contribution in [2.75, 3.05) is 13.1 Å². The molecule has 0 aromatic carbocycles. The molecule has 1 unspecified atom stereocenters. The molecule has 112 valence electrons.